The van der Waals surface area contributed by atoms with Gasteiger partial charge in [-0.3, -0.25) is 0 Å². The van der Waals surface area contributed by atoms with Crippen LogP contribution in [-0.2, 0) is 6.42 Å². The van der Waals surface area contributed by atoms with Gasteiger partial charge in [0.15, 0.2) is 0 Å². The van der Waals surface area contributed by atoms with Crippen molar-refractivity contribution in [1.82, 2.24) is 0 Å². The van der Waals surface area contributed by atoms with Crippen LogP contribution >= 0.6 is 0 Å². The molecule has 1 aromatic carbocycles. The minimum absolute atomic E-state index is 0.457. The van der Waals surface area contributed by atoms with E-state index in [4.69, 9.17) is 0 Å². The zero-order valence-corrected chi connectivity index (χ0v) is 9.31. The Labute approximate surface area is 81.4 Å². The Balaban J connectivity index is 0.000000671. The second-order valence-corrected chi connectivity index (χ2v) is 2.94. The Kier molecular flexibility index (Phi) is 5.20. The van der Waals surface area contributed by atoms with Gasteiger partial charge in [0.25, 0.3) is 0 Å². The molecule has 0 radical (unpaired) electrons. The van der Waals surface area contributed by atoms with Crippen molar-refractivity contribution in [3.63, 3.8) is 0 Å². The van der Waals surface area contributed by atoms with Crippen molar-refractivity contribution in [1.29, 1.82) is 0 Å². The fourth-order valence-corrected chi connectivity index (χ4v) is 1.32. The number of phenolic OH excluding ortho intramolecular Hbond substituents is 1. The predicted molar refractivity (Wildman–Crippen MR) is 58.3 cm³/mol. The third-order valence-electron chi connectivity index (χ3n) is 1.90. The Morgan fingerprint density at radius 2 is 1.69 bits per heavy atom. The van der Waals surface area contributed by atoms with Crippen molar-refractivity contribution in [3.05, 3.63) is 28.8 Å². The van der Waals surface area contributed by atoms with Crippen LogP contribution in [0.4, 0.5) is 0 Å². The Morgan fingerprint density at radius 1 is 1.15 bits per heavy atom. The summed E-state index contributed by atoms with van der Waals surface area (Å²) in [6, 6.07) is 4.02. The maximum atomic E-state index is 9.52. The van der Waals surface area contributed by atoms with Crippen molar-refractivity contribution in [2.75, 3.05) is 0 Å². The summed E-state index contributed by atoms with van der Waals surface area (Å²) in [7, 11) is 0. The third-order valence-corrected chi connectivity index (χ3v) is 1.90. The molecule has 0 fully saturated rings. The van der Waals surface area contributed by atoms with Gasteiger partial charge in [0, 0.05) is 0 Å². The van der Waals surface area contributed by atoms with E-state index in [-0.39, 0.29) is 0 Å². The van der Waals surface area contributed by atoms with Crippen molar-refractivity contribution in [3.8, 4) is 5.75 Å². The summed E-state index contributed by atoms with van der Waals surface area (Å²) in [5, 5.41) is 9.52. The van der Waals surface area contributed by atoms with E-state index >= 15 is 0 Å². The van der Waals surface area contributed by atoms with Crippen LogP contribution in [0.2, 0.25) is 0 Å². The van der Waals surface area contributed by atoms with Crippen LogP contribution in [0.5, 0.6) is 5.75 Å². The van der Waals surface area contributed by atoms with Crippen LogP contribution in [0.1, 0.15) is 37.5 Å². The van der Waals surface area contributed by atoms with E-state index in [0.717, 1.165) is 17.5 Å². The highest BCUT2D eigenvalue weighted by atomic mass is 16.3. The summed E-state index contributed by atoms with van der Waals surface area (Å²) in [6.07, 6.45) is 0.897. The maximum absolute atomic E-state index is 9.52. The molecule has 1 N–H and O–H groups in total. The highest BCUT2D eigenvalue weighted by Crippen LogP contribution is 2.23. The first-order valence-corrected chi connectivity index (χ1v) is 4.94. The molecule has 0 saturated heterocycles. The van der Waals surface area contributed by atoms with E-state index in [9.17, 15) is 5.11 Å². The number of aromatic hydroxyl groups is 1. The molecule has 0 aromatic heterocycles. The smallest absolute Gasteiger partial charge is 0.121 e. The number of benzene rings is 1. The lowest BCUT2D eigenvalue weighted by Gasteiger charge is -2.05. The SMILES string of the molecule is CC.CCc1cc(C)cc(C)c1O. The van der Waals surface area contributed by atoms with Crippen molar-refractivity contribution in [2.45, 2.75) is 41.0 Å². The molecule has 0 heterocycles. The first kappa shape index (κ1) is 12.0. The monoisotopic (exact) mass is 180 g/mol. The summed E-state index contributed by atoms with van der Waals surface area (Å²) in [6.45, 7) is 10.0. The molecular formula is C12H20O. The lowest BCUT2D eigenvalue weighted by atomic mass is 10.0. The molecule has 13 heavy (non-hydrogen) atoms. The normalized spacial score (nSPS) is 9.00. The Hall–Kier alpha value is -0.980. The van der Waals surface area contributed by atoms with Gasteiger partial charge in [-0.15, -0.1) is 0 Å². The summed E-state index contributed by atoms with van der Waals surface area (Å²) < 4.78 is 0. The van der Waals surface area contributed by atoms with Gasteiger partial charge < -0.3 is 5.11 Å². The van der Waals surface area contributed by atoms with Crippen LogP contribution in [0.3, 0.4) is 0 Å². The van der Waals surface area contributed by atoms with Crippen molar-refractivity contribution >= 4 is 0 Å². The molecule has 0 unspecified atom stereocenters. The molecule has 0 aliphatic heterocycles. The quantitative estimate of drug-likeness (QED) is 0.700. The van der Waals surface area contributed by atoms with Crippen LogP contribution in [0.15, 0.2) is 12.1 Å². The summed E-state index contributed by atoms with van der Waals surface area (Å²) in [5.41, 5.74) is 3.24. The molecule has 1 nitrogen and oxygen atoms in total. The van der Waals surface area contributed by atoms with E-state index in [0.29, 0.717) is 5.75 Å². The largest absolute Gasteiger partial charge is 0.507 e. The van der Waals surface area contributed by atoms with Gasteiger partial charge in [-0.2, -0.15) is 0 Å². The highest BCUT2D eigenvalue weighted by Gasteiger charge is 2.02. The van der Waals surface area contributed by atoms with Gasteiger partial charge in [-0.1, -0.05) is 38.5 Å². The lowest BCUT2D eigenvalue weighted by Crippen LogP contribution is -1.86. The molecule has 0 aliphatic rings. The molecule has 0 amide bonds. The Bertz CT molecular complexity index is 264. The van der Waals surface area contributed by atoms with E-state index in [2.05, 4.69) is 0 Å². The fourth-order valence-electron chi connectivity index (χ4n) is 1.32. The molecule has 1 rings (SSSR count). The van der Waals surface area contributed by atoms with Crippen LogP contribution in [-0.4, -0.2) is 5.11 Å². The van der Waals surface area contributed by atoms with Gasteiger partial charge >= 0.3 is 0 Å². The van der Waals surface area contributed by atoms with Gasteiger partial charge in [0.2, 0.25) is 0 Å². The maximum Gasteiger partial charge on any atom is 0.121 e. The molecule has 0 bridgehead atoms. The number of aryl methyl sites for hydroxylation is 3. The number of rotatable bonds is 1. The molecule has 0 saturated carbocycles. The zero-order valence-electron chi connectivity index (χ0n) is 9.31. The summed E-state index contributed by atoms with van der Waals surface area (Å²) in [5.74, 6) is 0.457. The van der Waals surface area contributed by atoms with Crippen molar-refractivity contribution < 1.29 is 5.11 Å². The third kappa shape index (κ3) is 3.10. The first-order chi connectivity index (χ1) is 6.15. The van der Waals surface area contributed by atoms with Crippen LogP contribution in [0.25, 0.3) is 0 Å². The average Bonchev–Trinajstić information content (AvgIpc) is 2.14. The predicted octanol–water partition coefficient (Wildman–Crippen LogP) is 3.60. The molecule has 0 spiro atoms. The number of hydrogen-bond acceptors (Lipinski definition) is 1. The number of phenols is 1. The molecule has 0 atom stereocenters. The van der Waals surface area contributed by atoms with E-state index in [1.165, 1.54) is 5.56 Å². The van der Waals surface area contributed by atoms with Crippen molar-refractivity contribution in [2.24, 2.45) is 0 Å². The fraction of sp³-hybridized carbons (Fsp3) is 0.500. The standard InChI is InChI=1S/C10H14O.C2H6/c1-4-9-6-7(2)5-8(3)10(9)11;1-2/h5-6,11H,4H2,1-3H3;1-2H3. The molecule has 74 valence electrons. The van der Waals surface area contributed by atoms with E-state index in [1.54, 1.807) is 0 Å². The second kappa shape index (κ2) is 5.63. The van der Waals surface area contributed by atoms with Crippen LogP contribution < -0.4 is 0 Å². The topological polar surface area (TPSA) is 20.2 Å². The first-order valence-electron chi connectivity index (χ1n) is 4.94. The molecular weight excluding hydrogens is 160 g/mol. The summed E-state index contributed by atoms with van der Waals surface area (Å²) >= 11 is 0. The van der Waals surface area contributed by atoms with Gasteiger partial charge in [-0.05, 0) is 31.4 Å². The second-order valence-electron chi connectivity index (χ2n) is 2.94. The Morgan fingerprint density at radius 3 is 2.15 bits per heavy atom. The van der Waals surface area contributed by atoms with E-state index < -0.39 is 0 Å². The minimum atomic E-state index is 0.457. The average molecular weight is 180 g/mol. The molecule has 1 heteroatoms. The molecule has 0 aliphatic carbocycles. The van der Waals surface area contributed by atoms with Gasteiger partial charge in [0.1, 0.15) is 5.75 Å². The van der Waals surface area contributed by atoms with Gasteiger partial charge in [0.05, 0.1) is 0 Å². The van der Waals surface area contributed by atoms with E-state index in [1.807, 2.05) is 46.8 Å². The lowest BCUT2D eigenvalue weighted by molar-refractivity contribution is 0.464. The highest BCUT2D eigenvalue weighted by molar-refractivity contribution is 5.42. The zero-order chi connectivity index (χ0) is 10.4. The number of hydrogen-bond donors (Lipinski definition) is 1. The molecule has 1 aromatic rings. The summed E-state index contributed by atoms with van der Waals surface area (Å²) in [4.78, 5) is 0. The minimum Gasteiger partial charge on any atom is -0.507 e. The van der Waals surface area contributed by atoms with Crippen LogP contribution in [0, 0.1) is 13.8 Å². The van der Waals surface area contributed by atoms with Gasteiger partial charge in [-0.25, -0.2) is 0 Å².